The van der Waals surface area contributed by atoms with Gasteiger partial charge in [-0.2, -0.15) is 0 Å². The van der Waals surface area contributed by atoms with E-state index in [1.165, 1.54) is 0 Å². The number of carbonyl (C=O) groups excluding carboxylic acids is 1. The van der Waals surface area contributed by atoms with Crippen LogP contribution in [0.5, 0.6) is 0 Å². The van der Waals surface area contributed by atoms with Crippen molar-refractivity contribution in [2.24, 2.45) is 5.92 Å². The SMILES string of the molecule is C#Cc1ccc([C@H]2C=C(C(=O)NC)O[C@@H](OCC)[C@@H]2CCCO)cc1. The van der Waals surface area contributed by atoms with Gasteiger partial charge >= 0.3 is 0 Å². The van der Waals surface area contributed by atoms with Crippen LogP contribution in [-0.4, -0.2) is 37.6 Å². The van der Waals surface area contributed by atoms with Gasteiger partial charge in [0.05, 0.1) is 0 Å². The molecule has 0 spiro atoms. The molecule has 0 saturated carbocycles. The second-order valence-corrected chi connectivity index (χ2v) is 5.87. The van der Waals surface area contributed by atoms with E-state index in [0.29, 0.717) is 13.0 Å². The highest BCUT2D eigenvalue weighted by Crippen LogP contribution is 2.39. The molecule has 1 aliphatic rings. The van der Waals surface area contributed by atoms with Gasteiger partial charge in [-0.1, -0.05) is 18.1 Å². The topological polar surface area (TPSA) is 67.8 Å². The van der Waals surface area contributed by atoms with Gasteiger partial charge in [0.2, 0.25) is 6.29 Å². The van der Waals surface area contributed by atoms with Gasteiger partial charge in [0.15, 0.2) is 5.76 Å². The van der Waals surface area contributed by atoms with Crippen molar-refractivity contribution in [1.82, 2.24) is 5.32 Å². The van der Waals surface area contributed by atoms with Crippen LogP contribution in [0.25, 0.3) is 0 Å². The lowest BCUT2D eigenvalue weighted by Gasteiger charge is -2.37. The summed E-state index contributed by atoms with van der Waals surface area (Å²) in [4.78, 5) is 12.1. The standard InChI is InChI=1S/C20H25NO4/c1-4-14-8-10-15(11-9-14)17-13-18(19(23)21-3)25-20(24-5-2)16(17)7-6-12-22/h1,8-11,13,16-17,20,22H,5-7,12H2,2-3H3,(H,21,23)/t16-,17-,20-/m1/s1. The van der Waals surface area contributed by atoms with Crippen molar-refractivity contribution in [3.63, 3.8) is 0 Å². The molecular weight excluding hydrogens is 318 g/mol. The normalized spacial score (nSPS) is 22.5. The molecule has 0 aromatic heterocycles. The molecule has 2 N–H and O–H groups in total. The molecular formula is C20H25NO4. The van der Waals surface area contributed by atoms with Gasteiger partial charge < -0.3 is 19.9 Å². The van der Waals surface area contributed by atoms with E-state index in [1.54, 1.807) is 7.05 Å². The third kappa shape index (κ3) is 4.62. The van der Waals surface area contributed by atoms with Crippen molar-refractivity contribution in [2.75, 3.05) is 20.3 Å². The van der Waals surface area contributed by atoms with Gasteiger partial charge in [-0.25, -0.2) is 0 Å². The quantitative estimate of drug-likeness (QED) is 0.745. The Morgan fingerprint density at radius 3 is 2.68 bits per heavy atom. The molecule has 5 heteroatoms. The first kappa shape index (κ1) is 19.0. The average Bonchev–Trinajstić information content (AvgIpc) is 2.66. The molecule has 5 nitrogen and oxygen atoms in total. The Hall–Kier alpha value is -2.29. The van der Waals surface area contributed by atoms with Gasteiger partial charge in [-0.15, -0.1) is 6.42 Å². The third-order valence-electron chi connectivity index (χ3n) is 4.32. The fourth-order valence-electron chi connectivity index (χ4n) is 3.07. The molecule has 25 heavy (non-hydrogen) atoms. The molecule has 1 heterocycles. The number of hydrogen-bond acceptors (Lipinski definition) is 4. The van der Waals surface area contributed by atoms with Crippen LogP contribution in [0, 0.1) is 18.3 Å². The highest BCUT2D eigenvalue weighted by Gasteiger charge is 2.37. The first-order chi connectivity index (χ1) is 12.1. The lowest BCUT2D eigenvalue weighted by atomic mass is 9.80. The van der Waals surface area contributed by atoms with Crippen LogP contribution in [0.15, 0.2) is 36.1 Å². The number of terminal acetylenes is 1. The number of carbonyl (C=O) groups is 1. The van der Waals surface area contributed by atoms with E-state index >= 15 is 0 Å². The summed E-state index contributed by atoms with van der Waals surface area (Å²) in [7, 11) is 1.57. The van der Waals surface area contributed by atoms with Gasteiger partial charge in [-0.05, 0) is 43.5 Å². The van der Waals surface area contributed by atoms with Crippen molar-refractivity contribution in [1.29, 1.82) is 0 Å². The second kappa shape index (κ2) is 9.26. The van der Waals surface area contributed by atoms with Crippen molar-refractivity contribution >= 4 is 5.91 Å². The van der Waals surface area contributed by atoms with Crippen LogP contribution < -0.4 is 5.32 Å². The molecule has 0 radical (unpaired) electrons. The smallest absolute Gasteiger partial charge is 0.285 e. The Balaban J connectivity index is 2.41. The number of amides is 1. The van der Waals surface area contributed by atoms with E-state index in [2.05, 4.69) is 11.2 Å². The van der Waals surface area contributed by atoms with Crippen LogP contribution in [-0.2, 0) is 14.3 Å². The van der Waals surface area contributed by atoms with Crippen LogP contribution in [0.2, 0.25) is 0 Å². The largest absolute Gasteiger partial charge is 0.459 e. The Bertz CT molecular complexity index is 645. The number of likely N-dealkylation sites (N-methyl/N-ethyl adjacent to an activating group) is 1. The number of hydrogen-bond donors (Lipinski definition) is 2. The van der Waals surface area contributed by atoms with Gasteiger partial charge in [-0.3, -0.25) is 4.79 Å². The highest BCUT2D eigenvalue weighted by molar-refractivity contribution is 5.91. The van der Waals surface area contributed by atoms with Crippen LogP contribution >= 0.6 is 0 Å². The second-order valence-electron chi connectivity index (χ2n) is 5.87. The van der Waals surface area contributed by atoms with E-state index in [9.17, 15) is 9.90 Å². The summed E-state index contributed by atoms with van der Waals surface area (Å²) in [6, 6.07) is 7.71. The highest BCUT2D eigenvalue weighted by atomic mass is 16.7. The summed E-state index contributed by atoms with van der Waals surface area (Å²) < 4.78 is 11.6. The summed E-state index contributed by atoms with van der Waals surface area (Å²) in [5, 5.41) is 11.8. The third-order valence-corrected chi connectivity index (χ3v) is 4.32. The monoisotopic (exact) mass is 343 g/mol. The first-order valence-electron chi connectivity index (χ1n) is 8.54. The number of allylic oxidation sites excluding steroid dienone is 1. The minimum absolute atomic E-state index is 0.00260. The van der Waals surface area contributed by atoms with Gasteiger partial charge in [0.25, 0.3) is 5.91 Å². The maximum Gasteiger partial charge on any atom is 0.285 e. The summed E-state index contributed by atoms with van der Waals surface area (Å²) in [5.41, 5.74) is 1.84. The van der Waals surface area contributed by atoms with Gasteiger partial charge in [0.1, 0.15) is 0 Å². The van der Waals surface area contributed by atoms with E-state index < -0.39 is 6.29 Å². The summed E-state index contributed by atoms with van der Waals surface area (Å²) >= 11 is 0. The Morgan fingerprint density at radius 2 is 2.12 bits per heavy atom. The van der Waals surface area contributed by atoms with Crippen molar-refractivity contribution in [3.8, 4) is 12.3 Å². The van der Waals surface area contributed by atoms with Crippen molar-refractivity contribution < 1.29 is 19.4 Å². The summed E-state index contributed by atoms with van der Waals surface area (Å²) in [6.07, 6.45) is 8.09. The molecule has 0 bridgehead atoms. The predicted octanol–water partition coefficient (Wildman–Crippen LogP) is 2.16. The zero-order chi connectivity index (χ0) is 18.2. The van der Waals surface area contributed by atoms with Gasteiger partial charge in [0, 0.05) is 37.7 Å². The Morgan fingerprint density at radius 1 is 1.40 bits per heavy atom. The zero-order valence-electron chi connectivity index (χ0n) is 14.7. The van der Waals surface area contributed by atoms with Crippen molar-refractivity contribution in [2.45, 2.75) is 32.0 Å². The molecule has 1 amide bonds. The van der Waals surface area contributed by atoms with Crippen LogP contribution in [0.4, 0.5) is 0 Å². The molecule has 1 aromatic rings. The maximum atomic E-state index is 12.1. The molecule has 3 atom stereocenters. The van der Waals surface area contributed by atoms with Crippen LogP contribution in [0.1, 0.15) is 36.8 Å². The molecule has 2 rings (SSSR count). The Kier molecular flexibility index (Phi) is 7.05. The van der Waals surface area contributed by atoms with E-state index in [-0.39, 0.29) is 30.1 Å². The fourth-order valence-corrected chi connectivity index (χ4v) is 3.07. The Labute approximate surface area is 149 Å². The molecule has 0 fully saturated rings. The minimum Gasteiger partial charge on any atom is -0.459 e. The number of aliphatic hydroxyl groups is 1. The van der Waals surface area contributed by atoms with E-state index in [1.807, 2.05) is 37.3 Å². The minimum atomic E-state index is -0.536. The first-order valence-corrected chi connectivity index (χ1v) is 8.54. The van der Waals surface area contributed by atoms with E-state index in [0.717, 1.165) is 17.5 Å². The van der Waals surface area contributed by atoms with E-state index in [4.69, 9.17) is 15.9 Å². The molecule has 0 aliphatic carbocycles. The molecule has 1 aromatic carbocycles. The fraction of sp³-hybridized carbons (Fsp3) is 0.450. The number of aliphatic hydroxyl groups excluding tert-OH is 1. The lowest BCUT2D eigenvalue weighted by Crippen LogP contribution is -2.38. The number of rotatable bonds is 7. The van der Waals surface area contributed by atoms with Crippen molar-refractivity contribution in [3.05, 3.63) is 47.2 Å². The number of benzene rings is 1. The van der Waals surface area contributed by atoms with Crippen LogP contribution in [0.3, 0.4) is 0 Å². The number of ether oxygens (including phenoxy) is 2. The number of nitrogens with one attached hydrogen (secondary N) is 1. The zero-order valence-corrected chi connectivity index (χ0v) is 14.7. The summed E-state index contributed by atoms with van der Waals surface area (Å²) in [5.74, 6) is 2.52. The summed E-state index contributed by atoms with van der Waals surface area (Å²) in [6.45, 7) is 2.47. The predicted molar refractivity (Wildman–Crippen MR) is 95.6 cm³/mol. The molecule has 0 saturated heterocycles. The molecule has 1 aliphatic heterocycles. The lowest BCUT2D eigenvalue weighted by molar-refractivity contribution is -0.166. The molecule has 134 valence electrons. The average molecular weight is 343 g/mol. The maximum absolute atomic E-state index is 12.1. The molecule has 0 unspecified atom stereocenters.